The van der Waals surface area contributed by atoms with Crippen LogP contribution in [0.2, 0.25) is 0 Å². The standard InChI is InChI=1S/C28H28N2O4/c1-4-33-23-14-10-21(11-15-23)25-26(29-22-12-16-24(17-13-22)34-5-2)28(32)30(27(25)31)18-20-8-6-19(3)7-9-20/h6-17,29H,4-5,18H2,1-3H3. The van der Waals surface area contributed by atoms with E-state index in [-0.39, 0.29) is 24.1 Å². The molecule has 174 valence electrons. The highest BCUT2D eigenvalue weighted by Gasteiger charge is 2.39. The second-order valence-corrected chi connectivity index (χ2v) is 7.97. The van der Waals surface area contributed by atoms with Gasteiger partial charge in [-0.25, -0.2) is 0 Å². The molecular formula is C28H28N2O4. The smallest absolute Gasteiger partial charge is 0.278 e. The molecule has 0 saturated carbocycles. The van der Waals surface area contributed by atoms with Gasteiger partial charge in [0.15, 0.2) is 0 Å². The Labute approximate surface area is 199 Å². The first-order chi connectivity index (χ1) is 16.5. The highest BCUT2D eigenvalue weighted by Crippen LogP contribution is 2.32. The molecule has 1 N–H and O–H groups in total. The number of anilines is 1. The van der Waals surface area contributed by atoms with Gasteiger partial charge >= 0.3 is 0 Å². The van der Waals surface area contributed by atoms with Crippen molar-refractivity contribution in [3.63, 3.8) is 0 Å². The van der Waals surface area contributed by atoms with Crippen LogP contribution in [-0.2, 0) is 16.1 Å². The van der Waals surface area contributed by atoms with Crippen LogP contribution < -0.4 is 14.8 Å². The van der Waals surface area contributed by atoms with E-state index in [1.54, 1.807) is 24.3 Å². The highest BCUT2D eigenvalue weighted by atomic mass is 16.5. The number of amides is 2. The topological polar surface area (TPSA) is 67.9 Å². The Bertz CT molecular complexity index is 1200. The average molecular weight is 457 g/mol. The van der Waals surface area contributed by atoms with E-state index in [0.29, 0.717) is 35.8 Å². The van der Waals surface area contributed by atoms with Crippen molar-refractivity contribution in [2.24, 2.45) is 0 Å². The Morgan fingerprint density at radius 3 is 1.85 bits per heavy atom. The van der Waals surface area contributed by atoms with E-state index in [1.165, 1.54) is 4.90 Å². The van der Waals surface area contributed by atoms with Crippen molar-refractivity contribution in [3.8, 4) is 11.5 Å². The Balaban J connectivity index is 1.68. The van der Waals surface area contributed by atoms with E-state index in [4.69, 9.17) is 9.47 Å². The monoisotopic (exact) mass is 456 g/mol. The Hall–Kier alpha value is -4.06. The zero-order valence-electron chi connectivity index (χ0n) is 19.6. The van der Waals surface area contributed by atoms with Gasteiger partial charge in [0.25, 0.3) is 11.8 Å². The molecule has 0 spiro atoms. The van der Waals surface area contributed by atoms with Gasteiger partial charge < -0.3 is 14.8 Å². The summed E-state index contributed by atoms with van der Waals surface area (Å²) in [7, 11) is 0. The molecule has 0 aliphatic carbocycles. The van der Waals surface area contributed by atoms with Gasteiger partial charge in [0.2, 0.25) is 0 Å². The molecule has 2 amide bonds. The van der Waals surface area contributed by atoms with Gasteiger partial charge in [-0.2, -0.15) is 0 Å². The molecule has 6 nitrogen and oxygen atoms in total. The molecule has 3 aromatic carbocycles. The summed E-state index contributed by atoms with van der Waals surface area (Å²) < 4.78 is 11.0. The second-order valence-electron chi connectivity index (χ2n) is 7.97. The summed E-state index contributed by atoms with van der Waals surface area (Å²) >= 11 is 0. The van der Waals surface area contributed by atoms with Crippen LogP contribution in [0.5, 0.6) is 11.5 Å². The number of ether oxygens (including phenoxy) is 2. The molecule has 0 radical (unpaired) electrons. The van der Waals surface area contributed by atoms with Crippen LogP contribution in [0.1, 0.15) is 30.5 Å². The maximum Gasteiger partial charge on any atom is 0.278 e. The zero-order valence-corrected chi connectivity index (χ0v) is 19.6. The summed E-state index contributed by atoms with van der Waals surface area (Å²) in [6.45, 7) is 7.16. The first kappa shape index (κ1) is 23.1. The van der Waals surface area contributed by atoms with Crippen molar-refractivity contribution in [2.75, 3.05) is 18.5 Å². The molecular weight excluding hydrogens is 428 g/mol. The van der Waals surface area contributed by atoms with Gasteiger partial charge in [-0.1, -0.05) is 42.0 Å². The lowest BCUT2D eigenvalue weighted by Crippen LogP contribution is -2.32. The lowest BCUT2D eigenvalue weighted by Gasteiger charge is -2.16. The van der Waals surface area contributed by atoms with Gasteiger partial charge in [0, 0.05) is 5.69 Å². The van der Waals surface area contributed by atoms with Crippen molar-refractivity contribution in [3.05, 3.63) is 95.2 Å². The van der Waals surface area contributed by atoms with Crippen LogP contribution in [0.15, 0.2) is 78.5 Å². The number of hydrogen-bond donors (Lipinski definition) is 1. The SMILES string of the molecule is CCOc1ccc(NC2=C(c3ccc(OCC)cc3)C(=O)N(Cc3ccc(C)cc3)C2=O)cc1. The van der Waals surface area contributed by atoms with E-state index < -0.39 is 0 Å². The average Bonchev–Trinajstić information content (AvgIpc) is 3.07. The van der Waals surface area contributed by atoms with Gasteiger partial charge in [-0.3, -0.25) is 14.5 Å². The third-order valence-electron chi connectivity index (χ3n) is 5.52. The van der Waals surface area contributed by atoms with Crippen LogP contribution in [-0.4, -0.2) is 29.9 Å². The Kier molecular flexibility index (Phi) is 6.97. The van der Waals surface area contributed by atoms with Crippen LogP contribution in [0.4, 0.5) is 5.69 Å². The lowest BCUT2D eigenvalue weighted by atomic mass is 10.0. The van der Waals surface area contributed by atoms with Crippen molar-refractivity contribution < 1.29 is 19.1 Å². The number of imide groups is 1. The molecule has 0 fully saturated rings. The summed E-state index contributed by atoms with van der Waals surface area (Å²) in [5.41, 5.74) is 3.95. The zero-order chi connectivity index (χ0) is 24.1. The fourth-order valence-electron chi connectivity index (χ4n) is 3.81. The van der Waals surface area contributed by atoms with Gasteiger partial charge in [0.1, 0.15) is 17.2 Å². The maximum absolute atomic E-state index is 13.5. The van der Waals surface area contributed by atoms with Gasteiger partial charge in [-0.15, -0.1) is 0 Å². The largest absolute Gasteiger partial charge is 0.494 e. The summed E-state index contributed by atoms with van der Waals surface area (Å²) in [5, 5.41) is 3.18. The molecule has 4 rings (SSSR count). The van der Waals surface area contributed by atoms with Crippen LogP contribution in [0.3, 0.4) is 0 Å². The second kappa shape index (κ2) is 10.3. The molecule has 6 heteroatoms. The minimum Gasteiger partial charge on any atom is -0.494 e. The summed E-state index contributed by atoms with van der Waals surface area (Å²) in [5.74, 6) is 0.760. The molecule has 0 bridgehead atoms. The number of carbonyl (C=O) groups excluding carboxylic acids is 2. The van der Waals surface area contributed by atoms with Gasteiger partial charge in [0.05, 0.1) is 25.3 Å². The molecule has 0 atom stereocenters. The van der Waals surface area contributed by atoms with Crippen LogP contribution in [0.25, 0.3) is 5.57 Å². The van der Waals surface area contributed by atoms with Crippen molar-refractivity contribution in [1.29, 1.82) is 0 Å². The minimum absolute atomic E-state index is 0.201. The third kappa shape index (κ3) is 4.96. The molecule has 1 aliphatic heterocycles. The van der Waals surface area contributed by atoms with Crippen LogP contribution in [0, 0.1) is 6.92 Å². The predicted octanol–water partition coefficient (Wildman–Crippen LogP) is 5.18. The van der Waals surface area contributed by atoms with E-state index in [9.17, 15) is 9.59 Å². The van der Waals surface area contributed by atoms with E-state index in [1.807, 2.05) is 69.3 Å². The normalized spacial score (nSPS) is 13.4. The van der Waals surface area contributed by atoms with Crippen molar-refractivity contribution >= 4 is 23.1 Å². The summed E-state index contributed by atoms with van der Waals surface area (Å²) in [4.78, 5) is 28.2. The number of nitrogens with zero attached hydrogens (tertiary/aromatic N) is 1. The van der Waals surface area contributed by atoms with Crippen molar-refractivity contribution in [1.82, 2.24) is 4.90 Å². The highest BCUT2D eigenvalue weighted by molar-refractivity contribution is 6.36. The first-order valence-electron chi connectivity index (χ1n) is 11.4. The molecule has 1 aliphatic rings. The number of nitrogens with one attached hydrogen (secondary N) is 1. The number of rotatable bonds is 9. The Morgan fingerprint density at radius 1 is 0.735 bits per heavy atom. The van der Waals surface area contributed by atoms with Gasteiger partial charge in [-0.05, 0) is 68.3 Å². The first-order valence-corrected chi connectivity index (χ1v) is 11.4. The fourth-order valence-corrected chi connectivity index (χ4v) is 3.81. The maximum atomic E-state index is 13.5. The number of benzene rings is 3. The number of carbonyl (C=O) groups is 2. The summed E-state index contributed by atoms with van der Waals surface area (Å²) in [6.07, 6.45) is 0. The fraction of sp³-hybridized carbons (Fsp3) is 0.214. The third-order valence-corrected chi connectivity index (χ3v) is 5.52. The van der Waals surface area contributed by atoms with E-state index in [2.05, 4.69) is 5.32 Å². The molecule has 3 aromatic rings. The lowest BCUT2D eigenvalue weighted by molar-refractivity contribution is -0.137. The molecule has 34 heavy (non-hydrogen) atoms. The number of aryl methyl sites for hydroxylation is 1. The minimum atomic E-state index is -0.358. The summed E-state index contributed by atoms with van der Waals surface area (Å²) in [6, 6.07) is 22.4. The van der Waals surface area contributed by atoms with E-state index >= 15 is 0 Å². The molecule has 1 heterocycles. The van der Waals surface area contributed by atoms with E-state index in [0.717, 1.165) is 16.9 Å². The quantitative estimate of drug-likeness (QED) is 0.449. The predicted molar refractivity (Wildman–Crippen MR) is 133 cm³/mol. The molecule has 0 saturated heterocycles. The number of hydrogen-bond acceptors (Lipinski definition) is 5. The Morgan fingerprint density at radius 2 is 1.29 bits per heavy atom. The molecule has 0 aromatic heterocycles. The molecule has 0 unspecified atom stereocenters. The van der Waals surface area contributed by atoms with Crippen molar-refractivity contribution in [2.45, 2.75) is 27.3 Å². The van der Waals surface area contributed by atoms with Crippen LogP contribution >= 0.6 is 0 Å².